The molecule has 6 nitrogen and oxygen atoms in total. The van der Waals surface area contributed by atoms with E-state index in [-0.39, 0.29) is 11.6 Å². The van der Waals surface area contributed by atoms with Gasteiger partial charge in [-0.1, -0.05) is 0 Å². The summed E-state index contributed by atoms with van der Waals surface area (Å²) in [6, 6.07) is 8.25. The first-order valence-electron chi connectivity index (χ1n) is 10.8. The second kappa shape index (κ2) is 8.35. The van der Waals surface area contributed by atoms with Crippen molar-refractivity contribution in [3.05, 3.63) is 35.4 Å². The van der Waals surface area contributed by atoms with Gasteiger partial charge in [0.2, 0.25) is 0 Å². The summed E-state index contributed by atoms with van der Waals surface area (Å²) in [7, 11) is 5.36. The molecular formula is C25H30N2O4. The van der Waals surface area contributed by atoms with E-state index in [1.165, 1.54) is 12.8 Å². The Balaban J connectivity index is 1.97. The lowest BCUT2D eigenvalue weighted by Gasteiger charge is -2.20. The molecule has 0 amide bonds. The molecule has 1 aromatic heterocycles. The number of Topliss-reactive ketones (excluding diaryl/α,β-unsaturated/α-hetero) is 2. The molecule has 1 aliphatic rings. The number of fused-ring (bicyclic) bond motifs is 3. The lowest BCUT2D eigenvalue weighted by Crippen LogP contribution is -2.26. The molecule has 1 fully saturated rings. The zero-order valence-corrected chi connectivity index (χ0v) is 18.9. The predicted molar refractivity (Wildman–Crippen MR) is 123 cm³/mol. The van der Waals surface area contributed by atoms with Crippen LogP contribution in [0.1, 0.15) is 53.8 Å². The monoisotopic (exact) mass is 422 g/mol. The minimum Gasteiger partial charge on any atom is -0.496 e. The number of carbonyl (C=O) groups is 2. The van der Waals surface area contributed by atoms with Crippen molar-refractivity contribution in [3.8, 4) is 11.5 Å². The number of rotatable bonds is 7. The molecule has 0 N–H and O–H groups in total. The minimum absolute atomic E-state index is 0.0486. The maximum absolute atomic E-state index is 12.3. The van der Waals surface area contributed by atoms with E-state index in [9.17, 15) is 9.59 Å². The first-order valence-corrected chi connectivity index (χ1v) is 10.8. The summed E-state index contributed by atoms with van der Waals surface area (Å²) < 4.78 is 13.4. The summed E-state index contributed by atoms with van der Waals surface area (Å²) in [6.07, 6.45) is 3.48. The number of ether oxygens (including phenoxy) is 2. The van der Waals surface area contributed by atoms with E-state index < -0.39 is 0 Å². The Kier molecular flexibility index (Phi) is 5.75. The van der Waals surface area contributed by atoms with Gasteiger partial charge >= 0.3 is 0 Å². The minimum atomic E-state index is -0.0486. The van der Waals surface area contributed by atoms with Crippen molar-refractivity contribution in [1.82, 2.24) is 9.47 Å². The van der Waals surface area contributed by atoms with Crippen LogP contribution < -0.4 is 9.47 Å². The van der Waals surface area contributed by atoms with E-state index in [4.69, 9.17) is 9.47 Å². The van der Waals surface area contributed by atoms with Gasteiger partial charge in [0.15, 0.2) is 11.6 Å². The van der Waals surface area contributed by atoms with Gasteiger partial charge in [-0.25, -0.2) is 0 Å². The fourth-order valence-corrected chi connectivity index (χ4v) is 4.90. The van der Waals surface area contributed by atoms with Gasteiger partial charge in [-0.05, 0) is 58.8 Å². The lowest BCUT2D eigenvalue weighted by molar-refractivity contribution is 0.100. The van der Waals surface area contributed by atoms with Crippen LogP contribution in [0.5, 0.6) is 11.5 Å². The zero-order valence-electron chi connectivity index (χ0n) is 18.9. The SMILES string of the molecule is COc1cc2c(cc1C(C)=O)c1cc(C(C)=O)c(OC)cc1n2CCC1CCCN1C. The van der Waals surface area contributed by atoms with Crippen molar-refractivity contribution in [1.29, 1.82) is 0 Å². The van der Waals surface area contributed by atoms with Crippen molar-refractivity contribution in [3.63, 3.8) is 0 Å². The van der Waals surface area contributed by atoms with Crippen molar-refractivity contribution in [2.45, 2.75) is 45.7 Å². The Labute approximate surface area is 182 Å². The van der Waals surface area contributed by atoms with E-state index in [2.05, 4.69) is 16.5 Å². The van der Waals surface area contributed by atoms with Crippen LogP contribution in [0.15, 0.2) is 24.3 Å². The molecule has 2 aromatic carbocycles. The van der Waals surface area contributed by atoms with E-state index in [0.717, 1.165) is 41.3 Å². The number of carbonyl (C=O) groups excluding carboxylic acids is 2. The molecule has 6 heteroatoms. The number of likely N-dealkylation sites (tertiary alicyclic amines) is 1. The summed E-state index contributed by atoms with van der Waals surface area (Å²) in [5.41, 5.74) is 3.09. The predicted octanol–water partition coefficient (Wildman–Crippen LogP) is 4.70. The molecule has 31 heavy (non-hydrogen) atoms. The average molecular weight is 423 g/mol. The lowest BCUT2D eigenvalue weighted by atomic mass is 10.0. The van der Waals surface area contributed by atoms with Gasteiger partial charge in [0.05, 0.1) is 36.4 Å². The van der Waals surface area contributed by atoms with Crippen molar-refractivity contribution < 1.29 is 19.1 Å². The number of aromatic nitrogens is 1. The molecule has 164 valence electrons. The quantitative estimate of drug-likeness (QED) is 0.517. The Morgan fingerprint density at radius 2 is 1.45 bits per heavy atom. The normalized spacial score (nSPS) is 16.9. The molecule has 1 atom stereocenters. The molecule has 1 aliphatic heterocycles. The van der Waals surface area contributed by atoms with Crippen molar-refractivity contribution >= 4 is 33.4 Å². The van der Waals surface area contributed by atoms with E-state index in [1.54, 1.807) is 28.1 Å². The van der Waals surface area contributed by atoms with E-state index >= 15 is 0 Å². The fourth-order valence-electron chi connectivity index (χ4n) is 4.90. The third-order valence-electron chi connectivity index (χ3n) is 6.62. The van der Waals surface area contributed by atoms with Gasteiger partial charge in [0, 0.05) is 35.5 Å². The van der Waals surface area contributed by atoms with Gasteiger partial charge in [-0.3, -0.25) is 9.59 Å². The highest BCUT2D eigenvalue weighted by Crippen LogP contribution is 2.38. The topological polar surface area (TPSA) is 60.8 Å². The van der Waals surface area contributed by atoms with Gasteiger partial charge in [0.1, 0.15) is 11.5 Å². The fraction of sp³-hybridized carbons (Fsp3) is 0.440. The van der Waals surface area contributed by atoms with Crippen LogP contribution in [0, 0.1) is 0 Å². The Morgan fingerprint density at radius 1 is 0.935 bits per heavy atom. The molecule has 0 bridgehead atoms. The third kappa shape index (κ3) is 3.69. The van der Waals surface area contributed by atoms with Crippen molar-refractivity contribution in [2.75, 3.05) is 27.8 Å². The van der Waals surface area contributed by atoms with Gasteiger partial charge in [-0.15, -0.1) is 0 Å². The second-order valence-corrected chi connectivity index (χ2v) is 8.47. The summed E-state index contributed by atoms with van der Waals surface area (Å²) >= 11 is 0. The Hall–Kier alpha value is -2.86. The Morgan fingerprint density at radius 3 is 1.84 bits per heavy atom. The number of benzene rings is 2. The molecule has 1 saturated heterocycles. The maximum Gasteiger partial charge on any atom is 0.163 e. The Bertz CT molecular complexity index is 1100. The number of methoxy groups -OCH3 is 2. The second-order valence-electron chi connectivity index (χ2n) is 8.47. The molecule has 0 saturated carbocycles. The van der Waals surface area contributed by atoms with Crippen molar-refractivity contribution in [2.24, 2.45) is 0 Å². The highest BCUT2D eigenvalue weighted by Gasteiger charge is 2.23. The summed E-state index contributed by atoms with van der Waals surface area (Å²) in [4.78, 5) is 26.9. The number of aryl methyl sites for hydroxylation is 1. The standard InChI is InChI=1S/C25H30N2O4/c1-15(28)18-11-20-21-12-19(16(2)29)25(31-5)14-23(21)27(22(20)13-24(18)30-4)10-8-17-7-6-9-26(17)3/h11-14,17H,6-10H2,1-5H3. The van der Waals surface area contributed by atoms with Crippen LogP contribution in [-0.2, 0) is 6.54 Å². The number of nitrogens with zero attached hydrogens (tertiary/aromatic N) is 2. The van der Waals surface area contributed by atoms with Gasteiger partial charge < -0.3 is 18.9 Å². The summed E-state index contributed by atoms with van der Waals surface area (Å²) in [5.74, 6) is 1.04. The molecule has 3 aromatic rings. The largest absolute Gasteiger partial charge is 0.496 e. The molecule has 0 spiro atoms. The van der Waals surface area contributed by atoms with Crippen LogP contribution in [0.25, 0.3) is 21.8 Å². The highest BCUT2D eigenvalue weighted by atomic mass is 16.5. The first kappa shape index (κ1) is 21.4. The maximum atomic E-state index is 12.3. The highest BCUT2D eigenvalue weighted by molar-refractivity contribution is 6.14. The average Bonchev–Trinajstić information content (AvgIpc) is 3.29. The molecule has 2 heterocycles. The number of ketones is 2. The van der Waals surface area contributed by atoms with Gasteiger partial charge in [0.25, 0.3) is 0 Å². The van der Waals surface area contributed by atoms with Gasteiger partial charge in [-0.2, -0.15) is 0 Å². The van der Waals surface area contributed by atoms with Crippen LogP contribution in [0.3, 0.4) is 0 Å². The van der Waals surface area contributed by atoms with E-state index in [0.29, 0.717) is 28.7 Å². The molecule has 4 rings (SSSR count). The third-order valence-corrected chi connectivity index (χ3v) is 6.62. The first-order chi connectivity index (χ1) is 14.8. The van der Waals surface area contributed by atoms with Crippen LogP contribution in [0.4, 0.5) is 0 Å². The summed E-state index contributed by atoms with van der Waals surface area (Å²) in [5, 5.41) is 1.90. The smallest absolute Gasteiger partial charge is 0.163 e. The molecule has 0 aliphatic carbocycles. The zero-order chi connectivity index (χ0) is 22.3. The number of hydrogen-bond donors (Lipinski definition) is 0. The van der Waals surface area contributed by atoms with Crippen LogP contribution in [0.2, 0.25) is 0 Å². The molecule has 0 radical (unpaired) electrons. The van der Waals surface area contributed by atoms with E-state index in [1.807, 2.05) is 24.3 Å². The van der Waals surface area contributed by atoms with Crippen LogP contribution >= 0.6 is 0 Å². The number of hydrogen-bond acceptors (Lipinski definition) is 5. The molecular weight excluding hydrogens is 392 g/mol. The summed E-state index contributed by atoms with van der Waals surface area (Å²) in [6.45, 7) is 5.06. The molecule has 1 unspecified atom stereocenters. The van der Waals surface area contributed by atoms with Crippen LogP contribution in [-0.4, -0.2) is 54.9 Å².